The van der Waals surface area contributed by atoms with Crippen LogP contribution in [0.1, 0.15) is 43.5 Å². The van der Waals surface area contributed by atoms with Gasteiger partial charge in [-0.05, 0) is 68.1 Å². The molecule has 0 saturated carbocycles. The van der Waals surface area contributed by atoms with E-state index >= 15 is 0 Å². The van der Waals surface area contributed by atoms with E-state index in [1.807, 2.05) is 30.3 Å². The maximum atomic E-state index is 13.2. The van der Waals surface area contributed by atoms with Gasteiger partial charge in [0, 0.05) is 6.42 Å². The number of rotatable bonds is 6. The van der Waals surface area contributed by atoms with Crippen LogP contribution in [-0.2, 0) is 17.6 Å². The van der Waals surface area contributed by atoms with Gasteiger partial charge in [0.2, 0.25) is 0 Å². The van der Waals surface area contributed by atoms with Crippen molar-refractivity contribution in [1.29, 1.82) is 0 Å². The van der Waals surface area contributed by atoms with E-state index in [2.05, 4.69) is 0 Å². The summed E-state index contributed by atoms with van der Waals surface area (Å²) in [6.07, 6.45) is -0.979. The molecule has 0 radical (unpaired) electrons. The molecule has 0 bridgehead atoms. The summed E-state index contributed by atoms with van der Waals surface area (Å²) in [4.78, 5) is 14.6. The number of ether oxygens (including phenoxy) is 5. The maximum absolute atomic E-state index is 13.2. The van der Waals surface area contributed by atoms with Crippen LogP contribution in [-0.4, -0.2) is 56.4 Å². The van der Waals surface area contributed by atoms with Gasteiger partial charge in [0.1, 0.15) is 11.8 Å². The highest BCUT2D eigenvalue weighted by Crippen LogP contribution is 2.42. The van der Waals surface area contributed by atoms with E-state index in [0.717, 1.165) is 16.7 Å². The number of nitrogens with zero attached hydrogens (tertiary/aromatic N) is 1. The first-order chi connectivity index (χ1) is 15.6. The van der Waals surface area contributed by atoms with E-state index in [1.54, 1.807) is 49.2 Å². The molecular weight excluding hydrogens is 426 g/mol. The van der Waals surface area contributed by atoms with E-state index in [1.165, 1.54) is 4.90 Å². The molecule has 1 aliphatic heterocycles. The fraction of sp³-hybridized carbons (Fsp3) is 0.480. The molecule has 1 N–H and O–H groups in total. The monoisotopic (exact) mass is 459 g/mol. The minimum Gasteiger partial charge on any atom is -0.493 e. The van der Waals surface area contributed by atoms with Gasteiger partial charge in [-0.1, -0.05) is 6.07 Å². The maximum Gasteiger partial charge on any atom is 0.412 e. The van der Waals surface area contributed by atoms with Crippen molar-refractivity contribution in [1.82, 2.24) is 4.90 Å². The molecule has 0 saturated heterocycles. The summed E-state index contributed by atoms with van der Waals surface area (Å²) in [5, 5.41) is 11.0. The van der Waals surface area contributed by atoms with Gasteiger partial charge in [-0.25, -0.2) is 4.79 Å². The SMILES string of the molecule is COc1ccc(C[C@H]2c3cc(OC)c(OC)cc3CC(O)N2C(=O)OC(C)(C)C)cc1OC. The van der Waals surface area contributed by atoms with Crippen molar-refractivity contribution in [3.05, 3.63) is 47.0 Å². The number of carbonyl (C=O) groups is 1. The zero-order chi connectivity index (χ0) is 24.3. The Morgan fingerprint density at radius 3 is 2.09 bits per heavy atom. The van der Waals surface area contributed by atoms with Crippen molar-refractivity contribution in [3.8, 4) is 23.0 Å². The average molecular weight is 460 g/mol. The number of hydrogen-bond acceptors (Lipinski definition) is 7. The van der Waals surface area contributed by atoms with Gasteiger partial charge in [-0.3, -0.25) is 4.90 Å². The fourth-order valence-corrected chi connectivity index (χ4v) is 4.08. The second-order valence-electron chi connectivity index (χ2n) is 8.89. The average Bonchev–Trinajstić information content (AvgIpc) is 2.76. The Labute approximate surface area is 195 Å². The van der Waals surface area contributed by atoms with Gasteiger partial charge in [-0.2, -0.15) is 0 Å². The molecule has 2 aromatic carbocycles. The molecule has 0 aromatic heterocycles. The Hall–Kier alpha value is -3.13. The van der Waals surface area contributed by atoms with Gasteiger partial charge in [0.05, 0.1) is 34.5 Å². The van der Waals surface area contributed by atoms with Crippen molar-refractivity contribution < 1.29 is 33.6 Å². The number of amides is 1. The Balaban J connectivity index is 2.10. The van der Waals surface area contributed by atoms with Crippen LogP contribution in [0.2, 0.25) is 0 Å². The zero-order valence-electron chi connectivity index (χ0n) is 20.3. The molecular formula is C25H33NO7. The molecule has 1 amide bonds. The molecule has 0 aliphatic carbocycles. The van der Waals surface area contributed by atoms with E-state index in [9.17, 15) is 9.90 Å². The minimum atomic E-state index is -1.06. The summed E-state index contributed by atoms with van der Waals surface area (Å²) in [5.41, 5.74) is 1.94. The van der Waals surface area contributed by atoms with Crippen LogP contribution in [0.3, 0.4) is 0 Å². The molecule has 0 spiro atoms. The number of aliphatic hydroxyl groups is 1. The molecule has 1 unspecified atom stereocenters. The number of aliphatic hydroxyl groups excluding tert-OH is 1. The molecule has 1 aliphatic rings. The van der Waals surface area contributed by atoms with Crippen molar-refractivity contribution >= 4 is 6.09 Å². The third-order valence-electron chi connectivity index (χ3n) is 5.55. The lowest BCUT2D eigenvalue weighted by Gasteiger charge is -2.41. The summed E-state index contributed by atoms with van der Waals surface area (Å²) >= 11 is 0. The number of hydrogen-bond donors (Lipinski definition) is 1. The largest absolute Gasteiger partial charge is 0.493 e. The highest BCUT2D eigenvalue weighted by atomic mass is 16.6. The molecule has 2 aromatic rings. The van der Waals surface area contributed by atoms with Gasteiger partial charge >= 0.3 is 6.09 Å². The van der Waals surface area contributed by atoms with Crippen molar-refractivity contribution in [2.45, 2.75) is 51.5 Å². The fourth-order valence-electron chi connectivity index (χ4n) is 4.08. The first kappa shape index (κ1) is 24.5. The van der Waals surface area contributed by atoms with Crippen LogP contribution in [0.15, 0.2) is 30.3 Å². The van der Waals surface area contributed by atoms with Crippen LogP contribution in [0.4, 0.5) is 4.79 Å². The first-order valence-corrected chi connectivity index (χ1v) is 10.8. The molecule has 3 rings (SSSR count). The Bertz CT molecular complexity index is 999. The first-order valence-electron chi connectivity index (χ1n) is 10.8. The van der Waals surface area contributed by atoms with Crippen LogP contribution in [0.25, 0.3) is 0 Å². The predicted molar refractivity (Wildman–Crippen MR) is 123 cm³/mol. The van der Waals surface area contributed by atoms with Crippen LogP contribution >= 0.6 is 0 Å². The lowest BCUT2D eigenvalue weighted by atomic mass is 9.87. The minimum absolute atomic E-state index is 0.247. The second-order valence-corrected chi connectivity index (χ2v) is 8.89. The van der Waals surface area contributed by atoms with Crippen LogP contribution < -0.4 is 18.9 Å². The highest BCUT2D eigenvalue weighted by molar-refractivity contribution is 5.70. The van der Waals surface area contributed by atoms with Crippen molar-refractivity contribution in [2.75, 3.05) is 28.4 Å². The third-order valence-corrected chi connectivity index (χ3v) is 5.55. The summed E-state index contributed by atoms with van der Waals surface area (Å²) in [5.74, 6) is 2.32. The van der Waals surface area contributed by atoms with Gasteiger partial charge in [0.25, 0.3) is 0 Å². The molecule has 1 heterocycles. The molecule has 8 heteroatoms. The van der Waals surface area contributed by atoms with Gasteiger partial charge in [0.15, 0.2) is 23.0 Å². The van der Waals surface area contributed by atoms with E-state index in [4.69, 9.17) is 23.7 Å². The molecule has 2 atom stereocenters. The van der Waals surface area contributed by atoms with Crippen molar-refractivity contribution in [3.63, 3.8) is 0 Å². The lowest BCUT2D eigenvalue weighted by Crippen LogP contribution is -2.49. The quantitative estimate of drug-likeness (QED) is 0.695. The number of methoxy groups -OCH3 is 4. The third kappa shape index (κ3) is 5.27. The van der Waals surface area contributed by atoms with Crippen LogP contribution in [0, 0.1) is 0 Å². The Morgan fingerprint density at radius 2 is 1.52 bits per heavy atom. The summed E-state index contributed by atoms with van der Waals surface area (Å²) in [6, 6.07) is 8.81. The number of fused-ring (bicyclic) bond motifs is 1. The zero-order valence-corrected chi connectivity index (χ0v) is 20.3. The van der Waals surface area contributed by atoms with E-state index in [-0.39, 0.29) is 6.42 Å². The summed E-state index contributed by atoms with van der Waals surface area (Å²) in [6.45, 7) is 5.39. The predicted octanol–water partition coefficient (Wildman–Crippen LogP) is 4.12. The van der Waals surface area contributed by atoms with Crippen molar-refractivity contribution in [2.24, 2.45) is 0 Å². The van der Waals surface area contributed by atoms with E-state index in [0.29, 0.717) is 29.4 Å². The van der Waals surface area contributed by atoms with Gasteiger partial charge in [-0.15, -0.1) is 0 Å². The molecule has 0 fully saturated rings. The molecule has 8 nitrogen and oxygen atoms in total. The standard InChI is InChI=1S/C25H33NO7/c1-25(2,3)33-24(28)26-18(10-15-8-9-19(29-4)20(11-15)30-5)17-14-22(32-7)21(31-6)12-16(17)13-23(26)27/h8-9,11-12,14,18,23,27H,10,13H2,1-7H3/t18-,23?/m0/s1. The summed E-state index contributed by atoms with van der Waals surface area (Å²) < 4.78 is 27.4. The smallest absolute Gasteiger partial charge is 0.412 e. The lowest BCUT2D eigenvalue weighted by molar-refractivity contribution is -0.0537. The second kappa shape index (κ2) is 9.79. The molecule has 180 valence electrons. The summed E-state index contributed by atoms with van der Waals surface area (Å²) in [7, 11) is 6.29. The van der Waals surface area contributed by atoms with E-state index < -0.39 is 24.0 Å². The number of carbonyl (C=O) groups excluding carboxylic acids is 1. The van der Waals surface area contributed by atoms with Crippen LogP contribution in [0.5, 0.6) is 23.0 Å². The molecule has 33 heavy (non-hydrogen) atoms. The topological polar surface area (TPSA) is 86.7 Å². The normalized spacial score (nSPS) is 17.8. The number of benzene rings is 2. The highest BCUT2D eigenvalue weighted by Gasteiger charge is 2.40. The van der Waals surface area contributed by atoms with Gasteiger partial charge < -0.3 is 28.8 Å². The Morgan fingerprint density at radius 1 is 0.939 bits per heavy atom. The Kier molecular flexibility index (Phi) is 7.27.